The number of hydrogen-bond acceptors (Lipinski definition) is 7. The molecule has 31 heavy (non-hydrogen) atoms. The lowest BCUT2D eigenvalue weighted by atomic mass is 9.92. The molecule has 0 bridgehead atoms. The van der Waals surface area contributed by atoms with Crippen molar-refractivity contribution in [2.45, 2.75) is 51.0 Å². The first-order valence-electron chi connectivity index (χ1n) is 10.8. The van der Waals surface area contributed by atoms with Crippen LogP contribution in [-0.2, 0) is 0 Å². The smallest absolute Gasteiger partial charge is 0.258 e. The monoisotopic (exact) mass is 421 g/mol. The van der Waals surface area contributed by atoms with Gasteiger partial charge in [0.25, 0.3) is 5.91 Å². The number of ether oxygens (including phenoxy) is 1. The molecule has 0 atom stereocenters. The topological polar surface area (TPSA) is 93.4 Å². The van der Waals surface area contributed by atoms with Crippen LogP contribution in [-0.4, -0.2) is 51.5 Å². The number of rotatable bonds is 5. The molecule has 1 saturated carbocycles. The van der Waals surface area contributed by atoms with Crippen LogP contribution < -0.4 is 10.1 Å². The fourth-order valence-corrected chi connectivity index (χ4v) is 4.29. The number of anilines is 1. The van der Waals surface area contributed by atoms with Gasteiger partial charge in [-0.3, -0.25) is 9.78 Å². The number of likely N-dealkylation sites (tertiary alicyclic amines) is 1. The number of nitrogens with zero attached hydrogens (tertiary/aromatic N) is 4. The lowest BCUT2D eigenvalue weighted by Crippen LogP contribution is -2.38. The Bertz CT molecular complexity index is 1110. The number of furan rings is 1. The summed E-state index contributed by atoms with van der Waals surface area (Å²) in [5, 5.41) is 4.18. The predicted molar refractivity (Wildman–Crippen MR) is 116 cm³/mol. The molecular weight excluding hydrogens is 394 g/mol. The van der Waals surface area contributed by atoms with Crippen molar-refractivity contribution >= 4 is 22.8 Å². The quantitative estimate of drug-likeness (QED) is 0.667. The Balaban J connectivity index is 1.36. The van der Waals surface area contributed by atoms with E-state index >= 15 is 0 Å². The van der Waals surface area contributed by atoms with E-state index in [2.05, 4.69) is 27.2 Å². The van der Waals surface area contributed by atoms with Gasteiger partial charge in [0.15, 0.2) is 0 Å². The molecule has 3 aromatic rings. The van der Waals surface area contributed by atoms with E-state index in [-0.39, 0.29) is 11.4 Å². The van der Waals surface area contributed by atoms with E-state index in [0.29, 0.717) is 47.2 Å². The van der Waals surface area contributed by atoms with Crippen LogP contribution >= 0.6 is 0 Å². The van der Waals surface area contributed by atoms with Gasteiger partial charge in [0.2, 0.25) is 5.71 Å². The molecule has 2 fully saturated rings. The maximum Gasteiger partial charge on any atom is 0.258 e. The number of carbonyl (C=O) groups is 1. The van der Waals surface area contributed by atoms with Gasteiger partial charge in [0.1, 0.15) is 23.7 Å². The molecule has 5 rings (SSSR count). The molecule has 8 heteroatoms. The molecule has 1 N–H and O–H groups in total. The minimum Gasteiger partial charge on any atom is -0.495 e. The molecule has 162 valence electrons. The number of fused-ring (bicyclic) bond motifs is 1. The Hall–Kier alpha value is -3.16. The van der Waals surface area contributed by atoms with Gasteiger partial charge in [-0.25, -0.2) is 9.97 Å². The van der Waals surface area contributed by atoms with E-state index in [0.717, 1.165) is 37.1 Å². The maximum absolute atomic E-state index is 13.5. The van der Waals surface area contributed by atoms with Crippen LogP contribution in [0.3, 0.4) is 0 Å². The van der Waals surface area contributed by atoms with E-state index in [1.54, 1.807) is 13.3 Å². The Morgan fingerprint density at radius 1 is 1.23 bits per heavy atom. The lowest BCUT2D eigenvalue weighted by Gasteiger charge is -2.31. The number of hydrogen-bond donors (Lipinski definition) is 1. The number of carbonyl (C=O) groups excluding carboxylic acids is 1. The summed E-state index contributed by atoms with van der Waals surface area (Å²) < 4.78 is 11.0. The molecule has 1 saturated heterocycles. The fourth-order valence-electron chi connectivity index (χ4n) is 4.29. The molecule has 0 aromatic carbocycles. The molecular formula is C23H27N5O3. The van der Waals surface area contributed by atoms with Gasteiger partial charge in [-0.1, -0.05) is 0 Å². The summed E-state index contributed by atoms with van der Waals surface area (Å²) in [6.45, 7) is 5.34. The molecule has 2 aliphatic rings. The zero-order chi connectivity index (χ0) is 21.6. The van der Waals surface area contributed by atoms with E-state index in [1.807, 2.05) is 24.0 Å². The highest BCUT2D eigenvalue weighted by Gasteiger charge is 2.39. The summed E-state index contributed by atoms with van der Waals surface area (Å²) in [7, 11) is 1.64. The van der Waals surface area contributed by atoms with Crippen LogP contribution in [0, 0.1) is 6.92 Å². The van der Waals surface area contributed by atoms with E-state index in [1.165, 1.54) is 6.33 Å². The zero-order valence-electron chi connectivity index (χ0n) is 18.1. The van der Waals surface area contributed by atoms with Crippen molar-refractivity contribution in [1.82, 2.24) is 19.9 Å². The summed E-state index contributed by atoms with van der Waals surface area (Å²) in [5.41, 5.74) is 2.12. The first-order chi connectivity index (χ1) is 15.0. The number of aromatic nitrogens is 3. The Labute approximate surface area is 181 Å². The summed E-state index contributed by atoms with van der Waals surface area (Å²) in [5.74, 6) is 2.35. The highest BCUT2D eigenvalue weighted by atomic mass is 16.5. The SMILES string of the molecule is COc1ccc(C2CCN(C(=O)c3c(C)oc4ncnc(NC5(C)CC5)c34)CC2)nc1. The van der Waals surface area contributed by atoms with Gasteiger partial charge < -0.3 is 19.4 Å². The van der Waals surface area contributed by atoms with Gasteiger partial charge in [0, 0.05) is 30.2 Å². The molecule has 4 heterocycles. The van der Waals surface area contributed by atoms with Crippen LogP contribution in [0.25, 0.3) is 11.1 Å². The van der Waals surface area contributed by atoms with Crippen molar-refractivity contribution in [3.8, 4) is 5.75 Å². The van der Waals surface area contributed by atoms with Crippen molar-refractivity contribution in [2.75, 3.05) is 25.5 Å². The van der Waals surface area contributed by atoms with Gasteiger partial charge in [-0.2, -0.15) is 0 Å². The van der Waals surface area contributed by atoms with E-state index in [4.69, 9.17) is 9.15 Å². The number of pyridine rings is 1. The molecule has 1 aliphatic heterocycles. The van der Waals surface area contributed by atoms with Crippen molar-refractivity contribution in [2.24, 2.45) is 0 Å². The molecule has 0 unspecified atom stereocenters. The van der Waals surface area contributed by atoms with Crippen LogP contribution in [0.15, 0.2) is 29.1 Å². The third-order valence-corrected chi connectivity index (χ3v) is 6.49. The second kappa shape index (κ2) is 7.51. The van der Waals surface area contributed by atoms with E-state index < -0.39 is 0 Å². The lowest BCUT2D eigenvalue weighted by molar-refractivity contribution is 0.0712. The van der Waals surface area contributed by atoms with Crippen molar-refractivity contribution in [3.63, 3.8) is 0 Å². The number of amides is 1. The Morgan fingerprint density at radius 2 is 2.00 bits per heavy atom. The van der Waals surface area contributed by atoms with Crippen molar-refractivity contribution in [1.29, 1.82) is 0 Å². The highest BCUT2D eigenvalue weighted by Crippen LogP contribution is 2.40. The highest BCUT2D eigenvalue weighted by molar-refractivity contribution is 6.10. The summed E-state index contributed by atoms with van der Waals surface area (Å²) >= 11 is 0. The van der Waals surface area contributed by atoms with Crippen molar-refractivity contribution < 1.29 is 13.9 Å². The first kappa shape index (κ1) is 19.8. The Kier molecular flexibility index (Phi) is 4.79. The summed E-state index contributed by atoms with van der Waals surface area (Å²) in [4.78, 5) is 28.6. The molecule has 0 spiro atoms. The average Bonchev–Trinajstić information content (AvgIpc) is 3.41. The van der Waals surface area contributed by atoms with Gasteiger partial charge >= 0.3 is 0 Å². The number of methoxy groups -OCH3 is 1. The molecule has 1 aliphatic carbocycles. The second-order valence-electron chi connectivity index (χ2n) is 8.81. The van der Waals surface area contributed by atoms with Gasteiger partial charge in [-0.15, -0.1) is 0 Å². The molecule has 0 radical (unpaired) electrons. The van der Waals surface area contributed by atoms with Gasteiger partial charge in [-0.05, 0) is 51.7 Å². The Morgan fingerprint density at radius 3 is 2.65 bits per heavy atom. The number of aryl methyl sites for hydroxylation is 1. The number of piperidine rings is 1. The van der Waals surface area contributed by atoms with E-state index in [9.17, 15) is 4.79 Å². The molecule has 8 nitrogen and oxygen atoms in total. The normalized spacial score (nSPS) is 18.2. The summed E-state index contributed by atoms with van der Waals surface area (Å²) in [6, 6.07) is 3.96. The minimum atomic E-state index is -0.0174. The van der Waals surface area contributed by atoms with Crippen LogP contribution in [0.2, 0.25) is 0 Å². The van der Waals surface area contributed by atoms with Crippen LogP contribution in [0.5, 0.6) is 5.75 Å². The average molecular weight is 422 g/mol. The second-order valence-corrected chi connectivity index (χ2v) is 8.81. The fraction of sp³-hybridized carbons (Fsp3) is 0.478. The molecule has 3 aromatic heterocycles. The number of nitrogens with one attached hydrogen (secondary N) is 1. The third-order valence-electron chi connectivity index (χ3n) is 6.49. The molecule has 1 amide bonds. The first-order valence-corrected chi connectivity index (χ1v) is 10.8. The zero-order valence-corrected chi connectivity index (χ0v) is 18.1. The van der Waals surface area contributed by atoms with Crippen LogP contribution in [0.1, 0.15) is 60.3 Å². The van der Waals surface area contributed by atoms with Crippen LogP contribution in [0.4, 0.5) is 5.82 Å². The third kappa shape index (κ3) is 3.71. The largest absolute Gasteiger partial charge is 0.495 e. The standard InChI is InChI=1S/C23H27N5O3/c1-14-18(19-20(27-23(2)8-9-23)25-13-26-21(19)31-14)22(29)28-10-6-15(7-11-28)17-5-4-16(30-3)12-24-17/h4-5,12-13,15H,6-11H2,1-3H3,(H,25,26,27). The van der Waals surface area contributed by atoms with Crippen molar-refractivity contribution in [3.05, 3.63) is 41.7 Å². The van der Waals surface area contributed by atoms with Gasteiger partial charge in [0.05, 0.1) is 24.3 Å². The maximum atomic E-state index is 13.5. The minimum absolute atomic E-state index is 0.0174. The summed E-state index contributed by atoms with van der Waals surface area (Å²) in [6.07, 6.45) is 7.17. The predicted octanol–water partition coefficient (Wildman–Crippen LogP) is 3.92.